The number of hydrogen-bond acceptors (Lipinski definition) is 4. The minimum atomic E-state index is -1.16. The maximum absolute atomic E-state index is 11.3. The van der Waals surface area contributed by atoms with Crippen LogP contribution in [-0.4, -0.2) is 42.8 Å². The van der Waals surface area contributed by atoms with Crippen LogP contribution in [0.4, 0.5) is 0 Å². The van der Waals surface area contributed by atoms with Gasteiger partial charge in [0.1, 0.15) is 0 Å². The first-order chi connectivity index (χ1) is 7.02. The summed E-state index contributed by atoms with van der Waals surface area (Å²) in [6, 6.07) is -1.85. The fraction of sp³-hybridized carbons (Fsp3) is 0.556. The van der Waals surface area contributed by atoms with E-state index in [0.29, 0.717) is 6.42 Å². The lowest BCUT2D eigenvalue weighted by Crippen LogP contribution is -2.50. The molecule has 0 radical (unpaired) electrons. The second kappa shape index (κ2) is 6.97. The normalized spacial score (nSPS) is 14.0. The predicted octanol–water partition coefficient (Wildman–Crippen LogP) is -0.894. The van der Waals surface area contributed by atoms with Gasteiger partial charge in [-0.3, -0.25) is 4.79 Å². The number of aliphatic carboxylic acids is 1. The van der Waals surface area contributed by atoms with E-state index >= 15 is 0 Å². The number of ether oxygens (including phenoxy) is 1. The van der Waals surface area contributed by atoms with Crippen molar-refractivity contribution in [3.8, 4) is 0 Å². The van der Waals surface area contributed by atoms with E-state index in [9.17, 15) is 9.59 Å². The van der Waals surface area contributed by atoms with E-state index in [1.807, 2.05) is 0 Å². The van der Waals surface area contributed by atoms with Crippen LogP contribution in [0.1, 0.15) is 6.42 Å². The molecule has 1 amide bonds. The van der Waals surface area contributed by atoms with Crippen LogP contribution in [0.2, 0.25) is 0 Å². The summed E-state index contributed by atoms with van der Waals surface area (Å²) >= 11 is 0. The first kappa shape index (κ1) is 13.6. The van der Waals surface area contributed by atoms with Gasteiger partial charge in [-0.25, -0.2) is 4.79 Å². The summed E-state index contributed by atoms with van der Waals surface area (Å²) in [7, 11) is 1.35. The highest BCUT2D eigenvalue weighted by molar-refractivity contribution is 5.86. The highest BCUT2D eigenvalue weighted by Gasteiger charge is 2.22. The van der Waals surface area contributed by atoms with Crippen LogP contribution in [0, 0.1) is 0 Å². The zero-order valence-corrected chi connectivity index (χ0v) is 8.60. The number of carboxylic acid groups (broad SMARTS) is 1. The molecule has 0 aromatic rings. The van der Waals surface area contributed by atoms with Gasteiger partial charge >= 0.3 is 5.97 Å². The summed E-state index contributed by atoms with van der Waals surface area (Å²) in [6.45, 7) is 3.34. The summed E-state index contributed by atoms with van der Waals surface area (Å²) in [6.07, 6.45) is 1.79. The highest BCUT2D eigenvalue weighted by atomic mass is 16.5. The van der Waals surface area contributed by atoms with Crippen molar-refractivity contribution in [2.24, 2.45) is 5.73 Å². The molecule has 0 bridgehead atoms. The molecule has 6 nitrogen and oxygen atoms in total. The van der Waals surface area contributed by atoms with Crippen LogP contribution >= 0.6 is 0 Å². The Balaban J connectivity index is 4.21. The van der Waals surface area contributed by atoms with Crippen molar-refractivity contribution in [2.45, 2.75) is 18.5 Å². The van der Waals surface area contributed by atoms with Gasteiger partial charge in [-0.2, -0.15) is 0 Å². The van der Waals surface area contributed by atoms with E-state index in [-0.39, 0.29) is 6.61 Å². The monoisotopic (exact) mass is 216 g/mol. The van der Waals surface area contributed by atoms with Gasteiger partial charge in [0, 0.05) is 7.11 Å². The fourth-order valence-corrected chi connectivity index (χ4v) is 0.907. The molecule has 0 saturated heterocycles. The maximum atomic E-state index is 11.3. The second-order valence-electron chi connectivity index (χ2n) is 2.99. The van der Waals surface area contributed by atoms with Crippen LogP contribution in [0.3, 0.4) is 0 Å². The van der Waals surface area contributed by atoms with Crippen molar-refractivity contribution in [1.82, 2.24) is 5.32 Å². The second-order valence-corrected chi connectivity index (χ2v) is 2.99. The number of methoxy groups -OCH3 is 1. The molecule has 2 atom stereocenters. The van der Waals surface area contributed by atoms with Crippen LogP contribution in [0.25, 0.3) is 0 Å². The Hall–Kier alpha value is -1.40. The van der Waals surface area contributed by atoms with Crippen molar-refractivity contribution >= 4 is 11.9 Å². The molecule has 0 aliphatic carbocycles. The third kappa shape index (κ3) is 5.14. The highest BCUT2D eigenvalue weighted by Crippen LogP contribution is 1.92. The minimum Gasteiger partial charge on any atom is -0.480 e. The summed E-state index contributed by atoms with van der Waals surface area (Å²) in [5.41, 5.74) is 5.46. The van der Waals surface area contributed by atoms with Gasteiger partial charge < -0.3 is 20.9 Å². The number of nitrogens with two attached hydrogens (primary N) is 1. The van der Waals surface area contributed by atoms with Gasteiger partial charge in [-0.05, 0) is 6.42 Å². The van der Waals surface area contributed by atoms with Crippen molar-refractivity contribution in [3.05, 3.63) is 12.7 Å². The lowest BCUT2D eigenvalue weighted by Gasteiger charge is -2.16. The molecule has 0 aliphatic rings. The quantitative estimate of drug-likeness (QED) is 0.479. The van der Waals surface area contributed by atoms with Crippen LogP contribution < -0.4 is 11.1 Å². The van der Waals surface area contributed by atoms with E-state index in [1.54, 1.807) is 0 Å². The maximum Gasteiger partial charge on any atom is 0.328 e. The van der Waals surface area contributed by atoms with E-state index in [1.165, 1.54) is 13.2 Å². The fourth-order valence-electron chi connectivity index (χ4n) is 0.907. The predicted molar refractivity (Wildman–Crippen MR) is 54.2 cm³/mol. The largest absolute Gasteiger partial charge is 0.480 e. The molecule has 15 heavy (non-hydrogen) atoms. The van der Waals surface area contributed by atoms with Crippen molar-refractivity contribution < 1.29 is 19.4 Å². The molecule has 4 N–H and O–H groups in total. The van der Waals surface area contributed by atoms with Crippen LogP contribution in [0.15, 0.2) is 12.7 Å². The number of nitrogens with one attached hydrogen (secondary N) is 1. The minimum absolute atomic E-state index is 0.0954. The number of amides is 1. The topological polar surface area (TPSA) is 102 Å². The van der Waals surface area contributed by atoms with Crippen molar-refractivity contribution in [2.75, 3.05) is 13.7 Å². The number of hydrogen-bond donors (Lipinski definition) is 3. The standard InChI is InChI=1S/C9H16N2O4/c1-3-4-6(10)8(12)11-7(5-15-2)9(13)14/h3,6-7H,1,4-5,10H2,2H3,(H,11,12)(H,13,14). The smallest absolute Gasteiger partial charge is 0.328 e. The number of carbonyl (C=O) groups is 2. The molecule has 0 aliphatic heterocycles. The number of carboxylic acids is 1. The molecule has 6 heteroatoms. The third-order valence-electron chi connectivity index (χ3n) is 1.71. The lowest BCUT2D eigenvalue weighted by atomic mass is 10.2. The van der Waals surface area contributed by atoms with Crippen LogP contribution in [-0.2, 0) is 14.3 Å². The molecule has 0 rings (SSSR count). The molecule has 0 spiro atoms. The summed E-state index contributed by atoms with van der Waals surface area (Å²) in [5.74, 6) is -1.68. The molecular weight excluding hydrogens is 200 g/mol. The molecular formula is C9H16N2O4. The van der Waals surface area contributed by atoms with Gasteiger partial charge in [0.25, 0.3) is 0 Å². The summed E-state index contributed by atoms with van der Waals surface area (Å²) in [5, 5.41) is 11.0. The molecule has 86 valence electrons. The van der Waals surface area contributed by atoms with Crippen LogP contribution in [0.5, 0.6) is 0 Å². The van der Waals surface area contributed by atoms with Gasteiger partial charge in [-0.1, -0.05) is 6.08 Å². The summed E-state index contributed by atoms with van der Waals surface area (Å²) < 4.78 is 4.65. The first-order valence-corrected chi connectivity index (χ1v) is 4.41. The Morgan fingerprint density at radius 3 is 2.67 bits per heavy atom. The molecule has 0 aromatic carbocycles. The molecule has 2 unspecified atom stereocenters. The van der Waals surface area contributed by atoms with Crippen molar-refractivity contribution in [1.29, 1.82) is 0 Å². The van der Waals surface area contributed by atoms with E-state index in [2.05, 4.69) is 16.6 Å². The Morgan fingerprint density at radius 2 is 2.27 bits per heavy atom. The number of rotatable bonds is 7. The van der Waals surface area contributed by atoms with Crippen molar-refractivity contribution in [3.63, 3.8) is 0 Å². The van der Waals surface area contributed by atoms with Gasteiger partial charge in [0.05, 0.1) is 12.6 Å². The summed E-state index contributed by atoms with van der Waals surface area (Å²) in [4.78, 5) is 22.0. The molecule has 0 aromatic heterocycles. The average molecular weight is 216 g/mol. The first-order valence-electron chi connectivity index (χ1n) is 4.41. The zero-order chi connectivity index (χ0) is 11.8. The number of carbonyl (C=O) groups excluding carboxylic acids is 1. The molecule has 0 fully saturated rings. The Kier molecular flexibility index (Phi) is 6.32. The zero-order valence-electron chi connectivity index (χ0n) is 8.60. The Labute approximate surface area is 88.1 Å². The molecule has 0 saturated carbocycles. The Bertz CT molecular complexity index is 242. The third-order valence-corrected chi connectivity index (χ3v) is 1.71. The Morgan fingerprint density at radius 1 is 1.67 bits per heavy atom. The van der Waals surface area contributed by atoms with Gasteiger partial charge in [-0.15, -0.1) is 6.58 Å². The SMILES string of the molecule is C=CCC(N)C(=O)NC(COC)C(=O)O. The van der Waals surface area contributed by atoms with E-state index < -0.39 is 24.0 Å². The molecule has 0 heterocycles. The van der Waals surface area contributed by atoms with E-state index in [0.717, 1.165) is 0 Å². The lowest BCUT2D eigenvalue weighted by molar-refractivity contribution is -0.143. The van der Waals surface area contributed by atoms with Gasteiger partial charge in [0.15, 0.2) is 6.04 Å². The van der Waals surface area contributed by atoms with E-state index in [4.69, 9.17) is 10.8 Å². The average Bonchev–Trinajstić information content (AvgIpc) is 2.17. The van der Waals surface area contributed by atoms with Gasteiger partial charge in [0.2, 0.25) is 5.91 Å².